The average molecular weight is 122 g/mol. The second kappa shape index (κ2) is 6.27. The van der Waals surface area contributed by atoms with Gasteiger partial charge in [0.25, 0.3) is 0 Å². The summed E-state index contributed by atoms with van der Waals surface area (Å²) < 4.78 is 0. The Morgan fingerprint density at radius 3 is 2.57 bits per heavy atom. The lowest BCUT2D eigenvalue weighted by molar-refractivity contribution is -0.360. The predicted octanol–water partition coefficient (Wildman–Crippen LogP) is -1.05. The van der Waals surface area contributed by atoms with Gasteiger partial charge in [-0.3, -0.25) is 0 Å². The molecule has 0 aromatic heterocycles. The maximum atomic E-state index is 8.25. The molecule has 44 valence electrons. The van der Waals surface area contributed by atoms with Gasteiger partial charge in [-0.25, -0.2) is 0 Å². The van der Waals surface area contributed by atoms with Gasteiger partial charge >= 0.3 is 0 Å². The third-order valence-electron chi connectivity index (χ3n) is 0.524. The fourth-order valence-electron chi connectivity index (χ4n) is 0.269. The van der Waals surface area contributed by atoms with Gasteiger partial charge in [-0.05, 0) is 0 Å². The van der Waals surface area contributed by atoms with Gasteiger partial charge in [-0.2, -0.15) is 11.8 Å². The van der Waals surface area contributed by atoms with Crippen molar-refractivity contribution in [3.8, 4) is 0 Å². The van der Waals surface area contributed by atoms with Gasteiger partial charge in [-0.1, -0.05) is 0 Å². The highest BCUT2D eigenvalue weighted by molar-refractivity contribution is 7.99. The van der Waals surface area contributed by atoms with Gasteiger partial charge in [0.1, 0.15) is 0 Å². The van der Waals surface area contributed by atoms with Crippen molar-refractivity contribution in [3.05, 3.63) is 0 Å². The van der Waals surface area contributed by atoms with E-state index in [0.717, 1.165) is 18.1 Å². The summed E-state index contributed by atoms with van der Waals surface area (Å²) in [4.78, 5) is 0. The fraction of sp³-hybridized carbons (Fsp3) is 1.00. The van der Waals surface area contributed by atoms with Crippen LogP contribution >= 0.6 is 11.8 Å². The van der Waals surface area contributed by atoms with Crippen LogP contribution in [0.3, 0.4) is 0 Å². The van der Waals surface area contributed by atoms with Crippen molar-refractivity contribution in [2.45, 2.75) is 0 Å². The zero-order chi connectivity index (χ0) is 5.54. The van der Waals surface area contributed by atoms with E-state index in [1.807, 2.05) is 0 Å². The summed E-state index contributed by atoms with van der Waals surface area (Å²) in [5.41, 5.74) is 3.66. The van der Waals surface area contributed by atoms with E-state index in [-0.39, 0.29) is 0 Å². The number of aliphatic hydroxyl groups is 1. The Balaban J connectivity index is 2.45. The van der Waals surface area contributed by atoms with Crippen LogP contribution in [0.15, 0.2) is 0 Å². The Bertz CT molecular complexity index is 30.9. The maximum Gasteiger partial charge on any atom is 0.0831 e. The molecule has 0 rings (SSSR count). The third kappa shape index (κ3) is 6.27. The van der Waals surface area contributed by atoms with E-state index in [9.17, 15) is 0 Å². The Morgan fingerprint density at radius 2 is 2.14 bits per heavy atom. The molecular weight excluding hydrogens is 110 g/mol. The molecule has 0 heterocycles. The fourth-order valence-corrected chi connectivity index (χ4v) is 0.806. The number of hydrogen-bond donors (Lipinski definition) is 2. The van der Waals surface area contributed by atoms with Crippen LogP contribution in [0.25, 0.3) is 0 Å². The molecule has 0 bridgehead atoms. The quantitative estimate of drug-likeness (QED) is 0.468. The third-order valence-corrected chi connectivity index (χ3v) is 1.57. The highest BCUT2D eigenvalue weighted by Crippen LogP contribution is 1.93. The van der Waals surface area contributed by atoms with E-state index in [1.54, 1.807) is 11.8 Å². The predicted molar refractivity (Wildman–Crippen MR) is 32.2 cm³/mol. The maximum absolute atomic E-state index is 8.25. The first-order valence-corrected chi connectivity index (χ1v) is 3.55. The van der Waals surface area contributed by atoms with Crippen LogP contribution in [0, 0.1) is 0 Å². The molecule has 0 unspecified atom stereocenters. The first kappa shape index (κ1) is 7.27. The van der Waals surface area contributed by atoms with Gasteiger partial charge in [-0.15, -0.1) is 0 Å². The minimum atomic E-state index is 0.296. The van der Waals surface area contributed by atoms with E-state index in [1.165, 1.54) is 0 Å². The Morgan fingerprint density at radius 1 is 1.43 bits per heavy atom. The van der Waals surface area contributed by atoms with Gasteiger partial charge < -0.3 is 10.8 Å². The van der Waals surface area contributed by atoms with Crippen molar-refractivity contribution >= 4 is 11.8 Å². The minimum Gasteiger partial charge on any atom is -0.396 e. The Hall–Kier alpha value is 0.270. The van der Waals surface area contributed by atoms with Crippen molar-refractivity contribution in [2.75, 3.05) is 24.7 Å². The largest absolute Gasteiger partial charge is 0.396 e. The lowest BCUT2D eigenvalue weighted by Crippen LogP contribution is -2.51. The van der Waals surface area contributed by atoms with Gasteiger partial charge in [0.2, 0.25) is 0 Å². The SMILES string of the molecule is [NH3+]CCSCCO. The summed E-state index contributed by atoms with van der Waals surface area (Å²) in [6.45, 7) is 1.26. The molecule has 0 amide bonds. The first-order valence-electron chi connectivity index (χ1n) is 2.39. The zero-order valence-electron chi connectivity index (χ0n) is 4.39. The number of thioether (sulfide) groups is 1. The highest BCUT2D eigenvalue weighted by Gasteiger charge is 1.82. The molecule has 7 heavy (non-hydrogen) atoms. The Labute approximate surface area is 48.1 Å². The molecular formula is C4H12NOS+. The van der Waals surface area contributed by atoms with E-state index < -0.39 is 0 Å². The molecule has 0 aromatic carbocycles. The molecule has 0 saturated carbocycles. The smallest absolute Gasteiger partial charge is 0.0831 e. The molecule has 4 N–H and O–H groups in total. The van der Waals surface area contributed by atoms with E-state index >= 15 is 0 Å². The molecule has 0 aliphatic rings. The number of quaternary nitrogens is 1. The lowest BCUT2D eigenvalue weighted by Gasteiger charge is -1.89. The second-order valence-electron chi connectivity index (χ2n) is 1.19. The molecule has 0 aromatic rings. The molecule has 0 radical (unpaired) electrons. The van der Waals surface area contributed by atoms with E-state index in [4.69, 9.17) is 5.11 Å². The van der Waals surface area contributed by atoms with Crippen LogP contribution in [0.5, 0.6) is 0 Å². The average Bonchev–Trinajstić information content (AvgIpc) is 1.69. The van der Waals surface area contributed by atoms with Crippen LogP contribution < -0.4 is 5.73 Å². The standard InChI is InChI=1S/C4H11NOS/c5-1-3-7-4-2-6/h6H,1-5H2/p+1. The summed E-state index contributed by atoms with van der Waals surface area (Å²) in [5.74, 6) is 1.93. The van der Waals surface area contributed by atoms with Crippen molar-refractivity contribution < 1.29 is 10.8 Å². The van der Waals surface area contributed by atoms with Crippen LogP contribution in [-0.4, -0.2) is 29.8 Å². The van der Waals surface area contributed by atoms with E-state index in [0.29, 0.717) is 6.61 Å². The van der Waals surface area contributed by atoms with Crippen molar-refractivity contribution in [1.82, 2.24) is 0 Å². The molecule has 0 aliphatic heterocycles. The van der Waals surface area contributed by atoms with Gasteiger partial charge in [0, 0.05) is 11.5 Å². The highest BCUT2D eigenvalue weighted by atomic mass is 32.2. The summed E-state index contributed by atoms with van der Waals surface area (Å²) in [6, 6.07) is 0. The summed E-state index contributed by atoms with van der Waals surface area (Å²) >= 11 is 1.74. The molecule has 0 aliphatic carbocycles. The monoisotopic (exact) mass is 122 g/mol. The van der Waals surface area contributed by atoms with Crippen LogP contribution in [0.2, 0.25) is 0 Å². The topological polar surface area (TPSA) is 47.9 Å². The summed E-state index contributed by atoms with van der Waals surface area (Å²) in [5, 5.41) is 8.25. The number of rotatable bonds is 4. The minimum absolute atomic E-state index is 0.296. The summed E-state index contributed by atoms with van der Waals surface area (Å²) in [6.07, 6.45) is 0. The zero-order valence-corrected chi connectivity index (χ0v) is 5.21. The normalized spacial score (nSPS) is 9.43. The number of aliphatic hydroxyl groups excluding tert-OH is 1. The number of hydrogen-bond acceptors (Lipinski definition) is 2. The van der Waals surface area contributed by atoms with Crippen molar-refractivity contribution in [1.29, 1.82) is 0 Å². The molecule has 3 heteroatoms. The molecule has 0 atom stereocenters. The van der Waals surface area contributed by atoms with Gasteiger partial charge in [0.15, 0.2) is 0 Å². The molecule has 0 saturated heterocycles. The van der Waals surface area contributed by atoms with E-state index in [2.05, 4.69) is 5.73 Å². The first-order chi connectivity index (χ1) is 3.41. The molecule has 0 fully saturated rings. The summed E-state index contributed by atoms with van der Waals surface area (Å²) in [7, 11) is 0. The van der Waals surface area contributed by atoms with Crippen LogP contribution in [0.1, 0.15) is 0 Å². The van der Waals surface area contributed by atoms with Crippen LogP contribution in [0.4, 0.5) is 0 Å². The molecule has 2 nitrogen and oxygen atoms in total. The van der Waals surface area contributed by atoms with Crippen LogP contribution in [-0.2, 0) is 0 Å². The second-order valence-corrected chi connectivity index (χ2v) is 2.41. The molecule has 0 spiro atoms. The van der Waals surface area contributed by atoms with Gasteiger partial charge in [0.05, 0.1) is 13.2 Å². The Kier molecular flexibility index (Phi) is 6.51. The lowest BCUT2D eigenvalue weighted by atomic mass is 10.8. The van der Waals surface area contributed by atoms with Crippen molar-refractivity contribution in [3.63, 3.8) is 0 Å². The van der Waals surface area contributed by atoms with Crippen molar-refractivity contribution in [2.24, 2.45) is 0 Å².